The predicted molar refractivity (Wildman–Crippen MR) is 101 cm³/mol. The van der Waals surface area contributed by atoms with Crippen molar-refractivity contribution in [1.29, 1.82) is 0 Å². The molecule has 144 valence electrons. The molecule has 8 heteroatoms. The highest BCUT2D eigenvalue weighted by Crippen LogP contribution is 2.26. The number of carbonyl (C=O) groups excluding carboxylic acids is 1. The van der Waals surface area contributed by atoms with Crippen LogP contribution in [0.5, 0.6) is 0 Å². The molecule has 2 saturated heterocycles. The number of rotatable bonds is 4. The number of amides is 1. The highest BCUT2D eigenvalue weighted by atomic mass is 16.5. The molecule has 8 nitrogen and oxygen atoms in total. The maximum Gasteiger partial charge on any atom is 0.257 e. The second-order valence-electron chi connectivity index (χ2n) is 7.03. The van der Waals surface area contributed by atoms with Crippen molar-refractivity contribution in [1.82, 2.24) is 24.4 Å². The van der Waals surface area contributed by atoms with Crippen molar-refractivity contribution in [3.8, 4) is 0 Å². The minimum atomic E-state index is 0.00262. The first-order chi connectivity index (χ1) is 13.3. The Kier molecular flexibility index (Phi) is 5.33. The Labute approximate surface area is 159 Å². The summed E-state index contributed by atoms with van der Waals surface area (Å²) in [6.07, 6.45) is 9.20. The molecule has 0 aliphatic carbocycles. The SMILES string of the molecule is CCn1ccnc1[C@H]1CCCN(C(=O)c2cnc(N3CCOCC3)nc2)C1. The summed E-state index contributed by atoms with van der Waals surface area (Å²) >= 11 is 0. The summed E-state index contributed by atoms with van der Waals surface area (Å²) in [5, 5.41) is 0. The number of ether oxygens (including phenoxy) is 1. The number of morpholine rings is 1. The molecule has 2 aliphatic rings. The van der Waals surface area contributed by atoms with Gasteiger partial charge in [-0.3, -0.25) is 4.79 Å². The lowest BCUT2D eigenvalue weighted by Crippen LogP contribution is -2.40. The van der Waals surface area contributed by atoms with Crippen LogP contribution in [0, 0.1) is 0 Å². The van der Waals surface area contributed by atoms with E-state index in [1.807, 2.05) is 17.3 Å². The van der Waals surface area contributed by atoms with Crippen molar-refractivity contribution < 1.29 is 9.53 Å². The van der Waals surface area contributed by atoms with Gasteiger partial charge >= 0.3 is 0 Å². The van der Waals surface area contributed by atoms with Crippen molar-refractivity contribution in [2.75, 3.05) is 44.3 Å². The largest absolute Gasteiger partial charge is 0.378 e. The van der Waals surface area contributed by atoms with Crippen LogP contribution < -0.4 is 4.90 Å². The van der Waals surface area contributed by atoms with E-state index < -0.39 is 0 Å². The summed E-state index contributed by atoms with van der Waals surface area (Å²) in [6.45, 7) is 7.42. The molecule has 4 rings (SSSR count). The lowest BCUT2D eigenvalue weighted by atomic mass is 9.96. The number of hydrogen-bond acceptors (Lipinski definition) is 6. The van der Waals surface area contributed by atoms with E-state index in [0.29, 0.717) is 31.3 Å². The van der Waals surface area contributed by atoms with E-state index in [0.717, 1.165) is 44.8 Å². The fraction of sp³-hybridized carbons (Fsp3) is 0.579. The molecule has 2 aromatic heterocycles. The van der Waals surface area contributed by atoms with E-state index in [9.17, 15) is 4.79 Å². The number of anilines is 1. The van der Waals surface area contributed by atoms with Crippen LogP contribution in [0.25, 0.3) is 0 Å². The number of imidazole rings is 1. The zero-order valence-electron chi connectivity index (χ0n) is 15.8. The third-order valence-corrected chi connectivity index (χ3v) is 5.34. The monoisotopic (exact) mass is 370 g/mol. The summed E-state index contributed by atoms with van der Waals surface area (Å²) in [4.78, 5) is 30.3. The fourth-order valence-electron chi connectivity index (χ4n) is 3.86. The zero-order chi connectivity index (χ0) is 18.6. The van der Waals surface area contributed by atoms with Crippen LogP contribution >= 0.6 is 0 Å². The second kappa shape index (κ2) is 8.04. The molecule has 0 saturated carbocycles. The van der Waals surface area contributed by atoms with Gasteiger partial charge in [0.1, 0.15) is 5.82 Å². The summed E-state index contributed by atoms with van der Waals surface area (Å²) in [6, 6.07) is 0. The van der Waals surface area contributed by atoms with E-state index in [1.54, 1.807) is 12.4 Å². The first kappa shape index (κ1) is 17.9. The highest BCUT2D eigenvalue weighted by Gasteiger charge is 2.28. The van der Waals surface area contributed by atoms with Gasteiger partial charge in [-0.25, -0.2) is 15.0 Å². The maximum absolute atomic E-state index is 12.9. The summed E-state index contributed by atoms with van der Waals surface area (Å²) in [5.41, 5.74) is 0.548. The van der Waals surface area contributed by atoms with Crippen LogP contribution in [0.1, 0.15) is 41.9 Å². The molecule has 27 heavy (non-hydrogen) atoms. The molecular formula is C19H26N6O2. The van der Waals surface area contributed by atoms with Gasteiger partial charge in [-0.2, -0.15) is 0 Å². The van der Waals surface area contributed by atoms with Gasteiger partial charge in [-0.05, 0) is 19.8 Å². The Morgan fingerprint density at radius 1 is 1.19 bits per heavy atom. The molecule has 1 amide bonds. The molecule has 0 radical (unpaired) electrons. The molecule has 0 bridgehead atoms. The van der Waals surface area contributed by atoms with Gasteiger partial charge < -0.3 is 19.1 Å². The Morgan fingerprint density at radius 3 is 2.70 bits per heavy atom. The highest BCUT2D eigenvalue weighted by molar-refractivity contribution is 5.93. The van der Waals surface area contributed by atoms with Gasteiger partial charge in [0, 0.05) is 63.4 Å². The van der Waals surface area contributed by atoms with E-state index >= 15 is 0 Å². The van der Waals surface area contributed by atoms with Gasteiger partial charge in [0.25, 0.3) is 5.91 Å². The lowest BCUT2D eigenvalue weighted by molar-refractivity contribution is 0.0702. The quantitative estimate of drug-likeness (QED) is 0.813. The van der Waals surface area contributed by atoms with E-state index in [2.05, 4.69) is 31.3 Å². The Hall–Kier alpha value is -2.48. The molecule has 0 aromatic carbocycles. The van der Waals surface area contributed by atoms with Crippen molar-refractivity contribution in [2.45, 2.75) is 32.2 Å². The van der Waals surface area contributed by atoms with Gasteiger partial charge in [0.2, 0.25) is 5.95 Å². The van der Waals surface area contributed by atoms with E-state index in [-0.39, 0.29) is 11.8 Å². The van der Waals surface area contributed by atoms with Crippen LogP contribution in [0.4, 0.5) is 5.95 Å². The minimum Gasteiger partial charge on any atom is -0.378 e. The smallest absolute Gasteiger partial charge is 0.257 e. The summed E-state index contributed by atoms with van der Waals surface area (Å²) in [5.74, 6) is 2.03. The van der Waals surface area contributed by atoms with Crippen molar-refractivity contribution >= 4 is 11.9 Å². The number of piperidine rings is 1. The maximum atomic E-state index is 12.9. The third kappa shape index (κ3) is 3.80. The van der Waals surface area contributed by atoms with Crippen molar-refractivity contribution in [3.63, 3.8) is 0 Å². The molecule has 2 aromatic rings. The number of nitrogens with zero attached hydrogens (tertiary/aromatic N) is 6. The summed E-state index contributed by atoms with van der Waals surface area (Å²) < 4.78 is 7.52. The standard InChI is InChI=1S/C19H26N6O2/c1-2-23-7-5-20-17(23)15-4-3-6-25(14-15)18(26)16-12-21-19(22-13-16)24-8-10-27-11-9-24/h5,7,12-13,15H,2-4,6,8-11,14H2,1H3/t15-/m0/s1. The lowest BCUT2D eigenvalue weighted by Gasteiger charge is -2.32. The average Bonchev–Trinajstić information content (AvgIpc) is 3.23. The van der Waals surface area contributed by atoms with Crippen molar-refractivity contribution in [3.05, 3.63) is 36.2 Å². The van der Waals surface area contributed by atoms with Gasteiger partial charge in [-0.1, -0.05) is 0 Å². The van der Waals surface area contributed by atoms with Crippen LogP contribution in [-0.4, -0.2) is 69.7 Å². The number of carbonyl (C=O) groups is 1. The normalized spacial score (nSPS) is 20.7. The van der Waals surface area contributed by atoms with Crippen LogP contribution in [0.3, 0.4) is 0 Å². The van der Waals surface area contributed by atoms with Crippen LogP contribution in [0.2, 0.25) is 0 Å². The minimum absolute atomic E-state index is 0.00262. The third-order valence-electron chi connectivity index (χ3n) is 5.34. The van der Waals surface area contributed by atoms with Gasteiger partial charge in [-0.15, -0.1) is 0 Å². The van der Waals surface area contributed by atoms with Crippen LogP contribution in [-0.2, 0) is 11.3 Å². The van der Waals surface area contributed by atoms with Gasteiger partial charge in [0.15, 0.2) is 0 Å². The molecule has 4 heterocycles. The number of likely N-dealkylation sites (tertiary alicyclic amines) is 1. The number of aromatic nitrogens is 4. The molecule has 1 atom stereocenters. The molecule has 0 unspecified atom stereocenters. The van der Waals surface area contributed by atoms with Gasteiger partial charge in [0.05, 0.1) is 18.8 Å². The first-order valence-corrected chi connectivity index (χ1v) is 9.71. The Bertz CT molecular complexity index is 769. The topological polar surface area (TPSA) is 76.4 Å². The molecule has 0 spiro atoms. The zero-order valence-corrected chi connectivity index (χ0v) is 15.8. The molecule has 2 aliphatic heterocycles. The van der Waals surface area contributed by atoms with E-state index in [1.165, 1.54) is 0 Å². The first-order valence-electron chi connectivity index (χ1n) is 9.71. The number of hydrogen-bond donors (Lipinski definition) is 0. The molecule has 2 fully saturated rings. The molecular weight excluding hydrogens is 344 g/mol. The molecule has 0 N–H and O–H groups in total. The predicted octanol–water partition coefficient (Wildman–Crippen LogP) is 1.55. The number of aryl methyl sites for hydroxylation is 1. The Morgan fingerprint density at radius 2 is 1.96 bits per heavy atom. The van der Waals surface area contributed by atoms with Crippen molar-refractivity contribution in [2.24, 2.45) is 0 Å². The van der Waals surface area contributed by atoms with E-state index in [4.69, 9.17) is 4.74 Å². The summed E-state index contributed by atoms with van der Waals surface area (Å²) in [7, 11) is 0. The average molecular weight is 370 g/mol. The van der Waals surface area contributed by atoms with Crippen LogP contribution in [0.15, 0.2) is 24.8 Å². The second-order valence-corrected chi connectivity index (χ2v) is 7.03. The Balaban J connectivity index is 1.44. The fourth-order valence-corrected chi connectivity index (χ4v) is 3.86.